The second-order valence-electron chi connectivity index (χ2n) is 18.2. The molecule has 3 heterocycles. The molecule has 5 amide bonds. The number of carbonyl (C=O) groups is 5. The molecule has 388 valence electrons. The van der Waals surface area contributed by atoms with Gasteiger partial charge in [-0.15, -0.1) is 11.3 Å². The van der Waals surface area contributed by atoms with Gasteiger partial charge in [0.2, 0.25) is 29.4 Å². The number of nitrogens with one attached hydrogen (secondary N) is 4. The van der Waals surface area contributed by atoms with Crippen LogP contribution in [0.15, 0.2) is 78.2 Å². The Morgan fingerprint density at radius 3 is 2.14 bits per heavy atom. The van der Waals surface area contributed by atoms with E-state index in [0.717, 1.165) is 54.4 Å². The van der Waals surface area contributed by atoms with Crippen LogP contribution in [0.3, 0.4) is 0 Å². The number of amides is 5. The first-order valence-corrected chi connectivity index (χ1v) is 25.7. The summed E-state index contributed by atoms with van der Waals surface area (Å²) in [7, 11) is 0. The molecule has 20 heteroatoms. The first-order valence-electron chi connectivity index (χ1n) is 24.8. The Balaban J connectivity index is 0.947. The topological polar surface area (TPSA) is 210 Å². The minimum absolute atomic E-state index is 0.0543. The number of rotatable bonds is 24. The number of ether oxygens (including phenoxy) is 4. The molecule has 0 radical (unpaired) electrons. The number of anilines is 1. The van der Waals surface area contributed by atoms with E-state index in [-0.39, 0.29) is 70.2 Å². The summed E-state index contributed by atoms with van der Waals surface area (Å²) in [5, 5.41) is 22.8. The number of thiazole rings is 1. The standard InChI is InChI=1S/C52H65F2N7O10S/c1-34(32-56-52(66)67)47(62)58-44(37-16-9-4-10-17-37)50(65)61-22-11-18-41(61)48(63)59-45(42(35-12-5-2-6-13-35)36-14-7-3-8-15-36)49(64)55-21-25-68-28-29-70-30-31-71-46-38(19-20-39(53)43(46)54)40-33-72-51(57-40)60-23-26-69-27-24-60/h2-3,5-8,12-15,19-20,33-34,37,41-42,44-45,56H,4,9-11,16-18,21-32H2,1H3,(H,55,64)(H,58,62)(H,59,63)(H,66,67)/t34?,41?,44-,45?/m0/s1. The Labute approximate surface area is 422 Å². The van der Waals surface area contributed by atoms with Crippen molar-refractivity contribution in [1.82, 2.24) is 31.2 Å². The van der Waals surface area contributed by atoms with Crippen molar-refractivity contribution in [3.63, 3.8) is 0 Å². The van der Waals surface area contributed by atoms with Gasteiger partial charge >= 0.3 is 6.09 Å². The number of carboxylic acid groups (broad SMARTS) is 1. The summed E-state index contributed by atoms with van der Waals surface area (Å²) in [5.74, 6) is -5.73. The molecule has 17 nitrogen and oxygen atoms in total. The van der Waals surface area contributed by atoms with Gasteiger partial charge in [0, 0.05) is 49.6 Å². The van der Waals surface area contributed by atoms with E-state index in [4.69, 9.17) is 24.1 Å². The molecular formula is C52H65F2N7O10S. The van der Waals surface area contributed by atoms with Crippen LogP contribution in [0.2, 0.25) is 0 Å². The van der Waals surface area contributed by atoms with Gasteiger partial charge in [0.1, 0.15) is 24.7 Å². The van der Waals surface area contributed by atoms with E-state index >= 15 is 4.39 Å². The zero-order valence-electron chi connectivity index (χ0n) is 40.5. The second kappa shape index (κ2) is 27.0. The number of halogens is 2. The van der Waals surface area contributed by atoms with Crippen molar-refractivity contribution in [3.05, 3.63) is 101 Å². The molecule has 4 atom stereocenters. The molecule has 2 saturated heterocycles. The van der Waals surface area contributed by atoms with Gasteiger partial charge in [-0.2, -0.15) is 4.39 Å². The van der Waals surface area contributed by atoms with E-state index in [0.29, 0.717) is 50.4 Å². The zero-order valence-corrected chi connectivity index (χ0v) is 41.3. The first-order chi connectivity index (χ1) is 35.0. The van der Waals surface area contributed by atoms with Gasteiger partial charge in [0.05, 0.1) is 51.3 Å². The third-order valence-corrected chi connectivity index (χ3v) is 14.2. The summed E-state index contributed by atoms with van der Waals surface area (Å²) in [4.78, 5) is 76.3. The maximum atomic E-state index is 15.0. The van der Waals surface area contributed by atoms with Crippen molar-refractivity contribution in [1.29, 1.82) is 0 Å². The highest BCUT2D eigenvalue weighted by molar-refractivity contribution is 7.14. The van der Waals surface area contributed by atoms with Gasteiger partial charge in [-0.05, 0) is 54.9 Å². The smallest absolute Gasteiger partial charge is 0.404 e. The fourth-order valence-electron chi connectivity index (χ4n) is 9.45. The third kappa shape index (κ3) is 14.5. The predicted octanol–water partition coefficient (Wildman–Crippen LogP) is 5.73. The van der Waals surface area contributed by atoms with Crippen LogP contribution >= 0.6 is 11.3 Å². The molecule has 1 aromatic heterocycles. The van der Waals surface area contributed by atoms with Crippen molar-refractivity contribution in [2.24, 2.45) is 11.8 Å². The molecule has 0 bridgehead atoms. The number of likely N-dealkylation sites (tertiary alicyclic amines) is 1. The zero-order chi connectivity index (χ0) is 50.8. The molecular weight excluding hydrogens is 953 g/mol. The number of carbonyl (C=O) groups excluding carboxylic acids is 4. The number of aromatic nitrogens is 1. The molecule has 0 spiro atoms. The molecule has 4 aromatic rings. The Morgan fingerprint density at radius 2 is 1.46 bits per heavy atom. The van der Waals surface area contributed by atoms with Crippen molar-refractivity contribution in [2.45, 2.75) is 75.9 Å². The first kappa shape index (κ1) is 53.6. The molecule has 1 saturated carbocycles. The number of hydrogen-bond acceptors (Lipinski definition) is 12. The highest BCUT2D eigenvalue weighted by Gasteiger charge is 2.43. The number of hydrogen-bond donors (Lipinski definition) is 5. The molecule has 3 aromatic carbocycles. The normalized spacial score (nSPS) is 17.5. The summed E-state index contributed by atoms with van der Waals surface area (Å²) in [5.41, 5.74) is 2.36. The van der Waals surface area contributed by atoms with Crippen LogP contribution in [0, 0.1) is 23.5 Å². The Hall–Kier alpha value is -6.22. The lowest BCUT2D eigenvalue weighted by Crippen LogP contribution is -2.59. The van der Waals surface area contributed by atoms with Crippen molar-refractivity contribution < 1.29 is 56.8 Å². The number of nitrogens with zero attached hydrogens (tertiary/aromatic N) is 3. The van der Waals surface area contributed by atoms with E-state index in [1.807, 2.05) is 60.7 Å². The molecule has 1 aliphatic carbocycles. The highest BCUT2D eigenvalue weighted by atomic mass is 32.1. The van der Waals surface area contributed by atoms with Crippen LogP contribution in [-0.4, -0.2) is 142 Å². The Kier molecular flexibility index (Phi) is 20.1. The molecule has 3 aliphatic rings. The lowest BCUT2D eigenvalue weighted by molar-refractivity contribution is -0.144. The Morgan fingerprint density at radius 1 is 0.792 bits per heavy atom. The average Bonchev–Trinajstić information content (AvgIpc) is 4.11. The molecule has 3 fully saturated rings. The van der Waals surface area contributed by atoms with E-state index < -0.39 is 65.4 Å². The maximum Gasteiger partial charge on any atom is 0.404 e. The summed E-state index contributed by atoms with van der Waals surface area (Å²) < 4.78 is 51.9. The van der Waals surface area contributed by atoms with E-state index in [9.17, 15) is 28.4 Å². The fraction of sp³-hybridized carbons (Fsp3) is 0.500. The van der Waals surface area contributed by atoms with Crippen molar-refractivity contribution in [3.8, 4) is 17.0 Å². The van der Waals surface area contributed by atoms with E-state index in [1.54, 1.807) is 12.3 Å². The second-order valence-corrected chi connectivity index (χ2v) is 19.0. The SMILES string of the molecule is CC(CNC(=O)O)C(=O)N[C@H](C(=O)N1CCCC1C(=O)NC(C(=O)NCCOCCOCCOc1c(-c2csc(N3CCOCC3)n2)ccc(F)c1F)C(c1ccccc1)c1ccccc1)C1CCCCC1. The van der Waals surface area contributed by atoms with Crippen LogP contribution in [-0.2, 0) is 33.4 Å². The number of morpholine rings is 1. The van der Waals surface area contributed by atoms with E-state index in [2.05, 4.69) is 31.2 Å². The lowest BCUT2D eigenvalue weighted by atomic mass is 9.83. The van der Waals surface area contributed by atoms with Crippen LogP contribution in [0.25, 0.3) is 11.3 Å². The lowest BCUT2D eigenvalue weighted by Gasteiger charge is -2.36. The minimum atomic E-state index is -1.26. The molecule has 72 heavy (non-hydrogen) atoms. The van der Waals surface area contributed by atoms with Gasteiger partial charge < -0.3 is 55.1 Å². The fourth-order valence-corrected chi connectivity index (χ4v) is 10.3. The summed E-state index contributed by atoms with van der Waals surface area (Å²) in [6.45, 7) is 4.78. The van der Waals surface area contributed by atoms with Gasteiger partial charge in [-0.1, -0.05) is 86.8 Å². The summed E-state index contributed by atoms with van der Waals surface area (Å²) in [6, 6.07) is 18.3. The van der Waals surface area contributed by atoms with Crippen molar-refractivity contribution >= 4 is 46.2 Å². The molecule has 2 aliphatic heterocycles. The van der Waals surface area contributed by atoms with Crippen molar-refractivity contribution in [2.75, 3.05) is 83.9 Å². The minimum Gasteiger partial charge on any atom is -0.487 e. The summed E-state index contributed by atoms with van der Waals surface area (Å²) >= 11 is 1.41. The van der Waals surface area contributed by atoms with Crippen LogP contribution in [0.1, 0.15) is 68.9 Å². The maximum absolute atomic E-state index is 15.0. The van der Waals surface area contributed by atoms with Gasteiger partial charge in [0.25, 0.3) is 0 Å². The van der Waals surface area contributed by atoms with Gasteiger partial charge in [-0.3, -0.25) is 19.2 Å². The molecule has 5 N–H and O–H groups in total. The van der Waals surface area contributed by atoms with Crippen LogP contribution < -0.4 is 30.9 Å². The van der Waals surface area contributed by atoms with Crippen LogP contribution in [0.4, 0.5) is 18.7 Å². The monoisotopic (exact) mass is 1020 g/mol. The quantitative estimate of drug-likeness (QED) is 0.0534. The largest absolute Gasteiger partial charge is 0.487 e. The highest BCUT2D eigenvalue weighted by Crippen LogP contribution is 2.37. The number of benzene rings is 3. The third-order valence-electron chi connectivity index (χ3n) is 13.3. The van der Waals surface area contributed by atoms with Crippen LogP contribution in [0.5, 0.6) is 5.75 Å². The molecule has 3 unspecified atom stereocenters. The Bertz CT molecular complexity index is 2370. The average molecular weight is 1020 g/mol. The van der Waals surface area contributed by atoms with Gasteiger partial charge in [0.15, 0.2) is 16.7 Å². The van der Waals surface area contributed by atoms with Gasteiger partial charge in [-0.25, -0.2) is 14.2 Å². The van der Waals surface area contributed by atoms with E-state index in [1.165, 1.54) is 22.3 Å². The molecule has 7 rings (SSSR count). The predicted molar refractivity (Wildman–Crippen MR) is 266 cm³/mol. The summed E-state index contributed by atoms with van der Waals surface area (Å²) in [6.07, 6.45) is 3.88.